The van der Waals surface area contributed by atoms with Gasteiger partial charge in [-0.25, -0.2) is 0 Å². The Kier molecular flexibility index (Phi) is 1.34. The molecule has 1 aromatic heterocycles. The highest BCUT2D eigenvalue weighted by atomic mass is 35.5. The Morgan fingerprint density at radius 2 is 2.38 bits per heavy atom. The summed E-state index contributed by atoms with van der Waals surface area (Å²) in [5.74, 6) is 0. The van der Waals surface area contributed by atoms with Crippen molar-refractivity contribution < 1.29 is 4.39 Å². The molecular weight excluding hydrogens is 133 g/mol. The summed E-state index contributed by atoms with van der Waals surface area (Å²) in [7, 11) is 0. The third-order valence-corrected chi connectivity index (χ3v) is 0.686. The summed E-state index contributed by atoms with van der Waals surface area (Å²) >= 11 is 5.19. The average molecular weight is 134 g/mol. The normalized spacial score (nSPS) is 9.25. The van der Waals surface area contributed by atoms with Gasteiger partial charge in [0.25, 0.3) is 0 Å². The van der Waals surface area contributed by atoms with Crippen LogP contribution in [0.15, 0.2) is 6.20 Å². The summed E-state index contributed by atoms with van der Waals surface area (Å²) < 4.78 is 11.8. The number of rotatable bonds is 0. The summed E-state index contributed by atoms with van der Waals surface area (Å²) in [5, 5.41) is 6.10. The molecule has 0 saturated heterocycles. The second-order valence-corrected chi connectivity index (χ2v) is 1.44. The lowest BCUT2D eigenvalue weighted by molar-refractivity contribution is 0.518. The zero-order valence-electron chi connectivity index (χ0n) is 3.67. The topological polar surface area (TPSA) is 38.7 Å². The first kappa shape index (κ1) is 5.37. The quantitative estimate of drug-likeness (QED) is 0.522. The van der Waals surface area contributed by atoms with Crippen molar-refractivity contribution in [2.45, 2.75) is 0 Å². The number of nitrogens with zero attached hydrogens (tertiary/aromatic N) is 3. The molecular formula is C3HClFN3. The van der Waals surface area contributed by atoms with E-state index in [1.165, 1.54) is 0 Å². The summed E-state index contributed by atoms with van der Waals surface area (Å²) in [5.41, 5.74) is 0. The number of aromatic nitrogens is 3. The first-order valence-electron chi connectivity index (χ1n) is 1.80. The Bertz CT molecular complexity index is 174. The molecule has 0 spiro atoms. The van der Waals surface area contributed by atoms with E-state index in [0.717, 1.165) is 6.20 Å². The zero-order chi connectivity index (χ0) is 5.98. The molecule has 3 nitrogen and oxygen atoms in total. The largest absolute Gasteiger partial charge is 0.328 e. The van der Waals surface area contributed by atoms with E-state index < -0.39 is 6.08 Å². The summed E-state index contributed by atoms with van der Waals surface area (Å²) in [6.07, 6.45) is 0.252. The highest BCUT2D eigenvalue weighted by Crippen LogP contribution is 1.97. The SMILES string of the molecule is Fc1nncc(Cl)n1. The fourth-order valence-electron chi connectivity index (χ4n) is 0.264. The van der Waals surface area contributed by atoms with E-state index in [2.05, 4.69) is 15.2 Å². The zero-order valence-corrected chi connectivity index (χ0v) is 4.43. The van der Waals surface area contributed by atoms with Gasteiger partial charge in [-0.1, -0.05) is 16.7 Å². The van der Waals surface area contributed by atoms with Crippen LogP contribution < -0.4 is 0 Å². The van der Waals surface area contributed by atoms with Gasteiger partial charge in [0.2, 0.25) is 0 Å². The Balaban J connectivity index is 3.08. The molecule has 1 aromatic rings. The lowest BCUT2D eigenvalue weighted by Crippen LogP contribution is -1.89. The highest BCUT2D eigenvalue weighted by molar-refractivity contribution is 6.29. The molecule has 0 radical (unpaired) electrons. The Hall–Kier alpha value is -0.770. The fourth-order valence-corrected chi connectivity index (χ4v) is 0.377. The van der Waals surface area contributed by atoms with Crippen molar-refractivity contribution in [3.8, 4) is 0 Å². The summed E-state index contributed by atoms with van der Waals surface area (Å²) in [6, 6.07) is 0. The van der Waals surface area contributed by atoms with Crippen LogP contribution in [0.2, 0.25) is 5.15 Å². The molecule has 0 amide bonds. The van der Waals surface area contributed by atoms with E-state index in [1.54, 1.807) is 0 Å². The van der Waals surface area contributed by atoms with Crippen LogP contribution >= 0.6 is 11.6 Å². The molecule has 0 fully saturated rings. The highest BCUT2D eigenvalue weighted by Gasteiger charge is 1.91. The van der Waals surface area contributed by atoms with Gasteiger partial charge in [0.15, 0.2) is 5.15 Å². The molecule has 0 aliphatic heterocycles. The fraction of sp³-hybridized carbons (Fsp3) is 0. The lowest BCUT2D eigenvalue weighted by atomic mass is 10.9. The van der Waals surface area contributed by atoms with Crippen LogP contribution in [0.25, 0.3) is 0 Å². The van der Waals surface area contributed by atoms with Crippen LogP contribution in [-0.4, -0.2) is 15.2 Å². The third kappa shape index (κ3) is 1.10. The van der Waals surface area contributed by atoms with E-state index in [0.29, 0.717) is 0 Å². The van der Waals surface area contributed by atoms with Crippen molar-refractivity contribution in [3.05, 3.63) is 17.4 Å². The minimum Gasteiger partial charge on any atom is -0.187 e. The third-order valence-electron chi connectivity index (χ3n) is 0.504. The molecule has 0 aliphatic carbocycles. The molecule has 0 bridgehead atoms. The molecule has 0 unspecified atom stereocenters. The van der Waals surface area contributed by atoms with Crippen molar-refractivity contribution in [2.75, 3.05) is 0 Å². The lowest BCUT2D eigenvalue weighted by Gasteiger charge is -1.82. The van der Waals surface area contributed by atoms with Crippen molar-refractivity contribution in [3.63, 3.8) is 0 Å². The summed E-state index contributed by atoms with van der Waals surface area (Å²) in [4.78, 5) is 3.10. The Morgan fingerprint density at radius 3 is 2.75 bits per heavy atom. The van der Waals surface area contributed by atoms with Crippen molar-refractivity contribution >= 4 is 11.6 Å². The number of hydrogen-bond acceptors (Lipinski definition) is 3. The van der Waals surface area contributed by atoms with Crippen LogP contribution in [0, 0.1) is 6.08 Å². The van der Waals surface area contributed by atoms with Gasteiger partial charge in [-0.05, 0) is 0 Å². The van der Waals surface area contributed by atoms with Gasteiger partial charge in [0.05, 0.1) is 6.20 Å². The maximum atomic E-state index is 11.8. The van der Waals surface area contributed by atoms with Crippen LogP contribution in [0.1, 0.15) is 0 Å². The Labute approximate surface area is 49.5 Å². The minimum atomic E-state index is -0.905. The maximum absolute atomic E-state index is 11.8. The molecule has 0 N–H and O–H groups in total. The smallest absolute Gasteiger partial charge is 0.187 e. The van der Waals surface area contributed by atoms with Crippen molar-refractivity contribution in [1.82, 2.24) is 15.2 Å². The van der Waals surface area contributed by atoms with Gasteiger partial charge < -0.3 is 0 Å². The van der Waals surface area contributed by atoms with Crippen molar-refractivity contribution in [2.24, 2.45) is 0 Å². The van der Waals surface area contributed by atoms with Gasteiger partial charge in [-0.15, -0.1) is 0 Å². The number of halogens is 2. The van der Waals surface area contributed by atoms with Gasteiger partial charge in [0.1, 0.15) is 0 Å². The molecule has 0 aromatic carbocycles. The standard InChI is InChI=1S/C3HClFN3/c4-2-1-6-8-3(5)7-2/h1H. The molecule has 1 rings (SSSR count). The van der Waals surface area contributed by atoms with E-state index >= 15 is 0 Å². The maximum Gasteiger partial charge on any atom is 0.328 e. The van der Waals surface area contributed by atoms with Crippen LogP contribution in [0.3, 0.4) is 0 Å². The monoisotopic (exact) mass is 133 g/mol. The van der Waals surface area contributed by atoms with Crippen LogP contribution in [0.5, 0.6) is 0 Å². The van der Waals surface area contributed by atoms with Crippen LogP contribution in [0.4, 0.5) is 4.39 Å². The minimum absolute atomic E-state index is 0.0116. The predicted molar refractivity (Wildman–Crippen MR) is 24.8 cm³/mol. The van der Waals surface area contributed by atoms with E-state index in [4.69, 9.17) is 11.6 Å². The van der Waals surface area contributed by atoms with Crippen molar-refractivity contribution in [1.29, 1.82) is 0 Å². The molecule has 8 heavy (non-hydrogen) atoms. The molecule has 5 heteroatoms. The second kappa shape index (κ2) is 2.00. The van der Waals surface area contributed by atoms with Gasteiger partial charge in [-0.2, -0.15) is 14.5 Å². The van der Waals surface area contributed by atoms with E-state index in [1.807, 2.05) is 0 Å². The first-order valence-corrected chi connectivity index (χ1v) is 2.17. The predicted octanol–water partition coefficient (Wildman–Crippen LogP) is 0.664. The molecule has 42 valence electrons. The van der Waals surface area contributed by atoms with E-state index in [-0.39, 0.29) is 5.15 Å². The molecule has 1 heterocycles. The molecule has 0 atom stereocenters. The second-order valence-electron chi connectivity index (χ2n) is 1.05. The van der Waals surface area contributed by atoms with E-state index in [9.17, 15) is 4.39 Å². The van der Waals surface area contributed by atoms with Gasteiger partial charge >= 0.3 is 6.08 Å². The molecule has 0 aliphatic rings. The number of hydrogen-bond donors (Lipinski definition) is 0. The summed E-state index contributed by atoms with van der Waals surface area (Å²) in [6.45, 7) is 0. The Morgan fingerprint density at radius 1 is 1.62 bits per heavy atom. The van der Waals surface area contributed by atoms with Gasteiger partial charge in [-0.3, -0.25) is 0 Å². The van der Waals surface area contributed by atoms with Gasteiger partial charge in [0, 0.05) is 0 Å². The van der Waals surface area contributed by atoms with Crippen LogP contribution in [-0.2, 0) is 0 Å². The molecule has 0 saturated carbocycles. The first-order chi connectivity index (χ1) is 3.79. The average Bonchev–Trinajstić information content (AvgIpc) is 1.64.